The van der Waals surface area contributed by atoms with Gasteiger partial charge in [-0.05, 0) is 54.1 Å². The van der Waals surface area contributed by atoms with Crippen molar-refractivity contribution in [1.29, 1.82) is 0 Å². The van der Waals surface area contributed by atoms with Crippen LogP contribution in [0.4, 0.5) is 0 Å². The highest BCUT2D eigenvalue weighted by Gasteiger charge is 2.19. The van der Waals surface area contributed by atoms with Crippen LogP contribution in [0.25, 0.3) is 0 Å². The van der Waals surface area contributed by atoms with E-state index in [1.54, 1.807) is 6.20 Å². The second kappa shape index (κ2) is 5.59. The van der Waals surface area contributed by atoms with Gasteiger partial charge in [-0.15, -0.1) is 0 Å². The van der Waals surface area contributed by atoms with Crippen LogP contribution in [0.3, 0.4) is 0 Å². The zero-order valence-corrected chi connectivity index (χ0v) is 13.2. The van der Waals surface area contributed by atoms with E-state index in [0.717, 1.165) is 11.3 Å². The molecule has 1 atom stereocenters. The smallest absolute Gasteiger partial charge is 0.0837 e. The molecule has 1 heterocycles. The molecule has 0 amide bonds. The summed E-state index contributed by atoms with van der Waals surface area (Å²) in [6, 6.07) is 8.13. The molecule has 1 aromatic carbocycles. The zero-order valence-electron chi connectivity index (χ0n) is 10.3. The fraction of sp³-hybridized carbons (Fsp3) is 0.308. The molecule has 0 aliphatic carbocycles. The number of hydrogen-bond acceptors (Lipinski definition) is 2. The van der Waals surface area contributed by atoms with Crippen molar-refractivity contribution in [3.05, 3.63) is 50.3 Å². The van der Waals surface area contributed by atoms with Crippen molar-refractivity contribution in [2.45, 2.75) is 25.9 Å². The van der Waals surface area contributed by atoms with Crippen molar-refractivity contribution in [3.8, 4) is 0 Å². The first-order chi connectivity index (χ1) is 8.50. The van der Waals surface area contributed by atoms with Gasteiger partial charge < -0.3 is 5.73 Å². The second-order valence-corrected chi connectivity index (χ2v) is 6.10. The number of nitrogens with zero attached hydrogens (tertiary/aromatic N) is 2. The average molecular weight is 376 g/mol. The van der Waals surface area contributed by atoms with Crippen LogP contribution < -0.4 is 5.73 Å². The van der Waals surface area contributed by atoms with Crippen LogP contribution in [-0.2, 0) is 0 Å². The van der Waals surface area contributed by atoms with Gasteiger partial charge in [-0.3, -0.25) is 4.68 Å². The van der Waals surface area contributed by atoms with Gasteiger partial charge in [0.2, 0.25) is 0 Å². The van der Waals surface area contributed by atoms with Crippen LogP contribution in [0.2, 0.25) is 5.02 Å². The predicted molar refractivity (Wildman–Crippen MR) is 82.8 cm³/mol. The van der Waals surface area contributed by atoms with Crippen molar-refractivity contribution in [3.63, 3.8) is 0 Å². The first-order valence-electron chi connectivity index (χ1n) is 5.74. The molecule has 1 aromatic heterocycles. The van der Waals surface area contributed by atoms with Crippen molar-refractivity contribution in [2.75, 3.05) is 0 Å². The van der Waals surface area contributed by atoms with E-state index in [0.29, 0.717) is 5.02 Å². The van der Waals surface area contributed by atoms with Gasteiger partial charge in [0.15, 0.2) is 0 Å². The maximum absolute atomic E-state index is 6.30. The summed E-state index contributed by atoms with van der Waals surface area (Å²) >= 11 is 8.47. The minimum atomic E-state index is -0.251. The number of rotatable bonds is 3. The Labute approximate surface area is 125 Å². The summed E-state index contributed by atoms with van der Waals surface area (Å²) in [5.74, 6) is 0. The summed E-state index contributed by atoms with van der Waals surface area (Å²) < 4.78 is 3.07. The molecule has 2 N–H and O–H groups in total. The van der Waals surface area contributed by atoms with Crippen molar-refractivity contribution in [1.82, 2.24) is 9.78 Å². The SMILES string of the molecule is CC(C)n1ncc(Cl)c1C(N)c1ccc(I)cc1. The van der Waals surface area contributed by atoms with Gasteiger partial charge in [0.25, 0.3) is 0 Å². The maximum atomic E-state index is 6.30. The fourth-order valence-electron chi connectivity index (χ4n) is 1.88. The third-order valence-corrected chi connectivity index (χ3v) is 3.81. The topological polar surface area (TPSA) is 43.8 Å². The van der Waals surface area contributed by atoms with Gasteiger partial charge in [0, 0.05) is 9.61 Å². The largest absolute Gasteiger partial charge is 0.319 e. The van der Waals surface area contributed by atoms with E-state index in [2.05, 4.69) is 41.5 Å². The van der Waals surface area contributed by atoms with Crippen molar-refractivity contribution < 1.29 is 0 Å². The summed E-state index contributed by atoms with van der Waals surface area (Å²) in [4.78, 5) is 0. The van der Waals surface area contributed by atoms with Crippen LogP contribution in [0.15, 0.2) is 30.5 Å². The molecule has 3 nitrogen and oxygen atoms in total. The summed E-state index contributed by atoms with van der Waals surface area (Å²) in [5.41, 5.74) is 8.21. The number of aromatic nitrogens is 2. The zero-order chi connectivity index (χ0) is 13.3. The lowest BCUT2D eigenvalue weighted by Crippen LogP contribution is -2.19. The highest BCUT2D eigenvalue weighted by atomic mass is 127. The normalized spacial score (nSPS) is 13.0. The molecule has 0 aliphatic rings. The Kier molecular flexibility index (Phi) is 4.29. The Morgan fingerprint density at radius 1 is 1.28 bits per heavy atom. The maximum Gasteiger partial charge on any atom is 0.0837 e. The van der Waals surface area contributed by atoms with Crippen LogP contribution in [-0.4, -0.2) is 9.78 Å². The first-order valence-corrected chi connectivity index (χ1v) is 7.20. The molecule has 96 valence electrons. The summed E-state index contributed by atoms with van der Waals surface area (Å²) in [7, 11) is 0. The summed E-state index contributed by atoms with van der Waals surface area (Å²) in [6.45, 7) is 4.13. The summed E-state index contributed by atoms with van der Waals surface area (Å²) in [5, 5.41) is 4.90. The van der Waals surface area contributed by atoms with Crippen molar-refractivity contribution >= 4 is 34.2 Å². The number of halogens is 2. The molecule has 2 rings (SSSR count). The van der Waals surface area contributed by atoms with E-state index in [1.165, 1.54) is 3.57 Å². The first kappa shape index (κ1) is 13.8. The molecule has 0 spiro atoms. The second-order valence-electron chi connectivity index (χ2n) is 4.45. The number of benzene rings is 1. The Morgan fingerprint density at radius 3 is 2.44 bits per heavy atom. The molecule has 0 bridgehead atoms. The van der Waals surface area contributed by atoms with Gasteiger partial charge >= 0.3 is 0 Å². The standard InChI is InChI=1S/C13H15ClIN3/c1-8(2)18-13(11(14)7-17-18)12(16)9-3-5-10(15)6-4-9/h3-8,12H,16H2,1-2H3. The van der Waals surface area contributed by atoms with Gasteiger partial charge in [-0.25, -0.2) is 0 Å². The number of nitrogens with two attached hydrogens (primary N) is 1. The molecular weight excluding hydrogens is 361 g/mol. The van der Waals surface area contributed by atoms with E-state index < -0.39 is 0 Å². The predicted octanol–water partition coefficient (Wildman–Crippen LogP) is 3.77. The molecule has 0 saturated heterocycles. The lowest BCUT2D eigenvalue weighted by molar-refractivity contribution is 0.499. The minimum absolute atomic E-state index is 0.238. The lowest BCUT2D eigenvalue weighted by atomic mass is 10.0. The molecule has 0 radical (unpaired) electrons. The molecular formula is C13H15ClIN3. The molecule has 1 unspecified atom stereocenters. The monoisotopic (exact) mass is 375 g/mol. The van der Waals surface area contributed by atoms with Crippen molar-refractivity contribution in [2.24, 2.45) is 5.73 Å². The fourth-order valence-corrected chi connectivity index (χ4v) is 2.49. The Bertz CT molecular complexity index is 534. The minimum Gasteiger partial charge on any atom is -0.319 e. The quantitative estimate of drug-likeness (QED) is 0.830. The van der Waals surface area contributed by atoms with Gasteiger partial charge in [-0.1, -0.05) is 23.7 Å². The van der Waals surface area contributed by atoms with E-state index in [1.807, 2.05) is 28.9 Å². The molecule has 5 heteroatoms. The Hall–Kier alpha value is -0.590. The molecule has 0 aliphatic heterocycles. The van der Waals surface area contributed by atoms with E-state index in [-0.39, 0.29) is 12.1 Å². The third kappa shape index (κ3) is 2.70. The van der Waals surface area contributed by atoms with E-state index in [9.17, 15) is 0 Å². The van der Waals surface area contributed by atoms with Crippen LogP contribution in [0.1, 0.15) is 37.2 Å². The van der Waals surface area contributed by atoms with E-state index >= 15 is 0 Å². The molecule has 2 aromatic rings. The third-order valence-electron chi connectivity index (χ3n) is 2.80. The number of hydrogen-bond donors (Lipinski definition) is 1. The van der Waals surface area contributed by atoms with Gasteiger partial charge in [0.1, 0.15) is 0 Å². The Balaban J connectivity index is 2.42. The Morgan fingerprint density at radius 2 is 1.89 bits per heavy atom. The van der Waals surface area contributed by atoms with Crippen LogP contribution >= 0.6 is 34.2 Å². The van der Waals surface area contributed by atoms with Gasteiger partial charge in [0.05, 0.1) is 23.0 Å². The average Bonchev–Trinajstić information content (AvgIpc) is 2.71. The van der Waals surface area contributed by atoms with Crippen LogP contribution in [0, 0.1) is 3.57 Å². The van der Waals surface area contributed by atoms with E-state index in [4.69, 9.17) is 17.3 Å². The highest BCUT2D eigenvalue weighted by molar-refractivity contribution is 14.1. The summed E-state index contributed by atoms with van der Waals surface area (Å²) in [6.07, 6.45) is 1.66. The molecule has 0 saturated carbocycles. The highest BCUT2D eigenvalue weighted by Crippen LogP contribution is 2.28. The lowest BCUT2D eigenvalue weighted by Gasteiger charge is -2.17. The van der Waals surface area contributed by atoms with Crippen LogP contribution in [0.5, 0.6) is 0 Å². The molecule has 18 heavy (non-hydrogen) atoms. The molecule has 0 fully saturated rings. The van der Waals surface area contributed by atoms with Gasteiger partial charge in [-0.2, -0.15) is 5.10 Å².